The molecule has 0 saturated heterocycles. The molecule has 0 aliphatic rings. The van der Waals surface area contributed by atoms with E-state index in [1.807, 2.05) is 20.8 Å². The molecular weight excluding hydrogens is 182 g/mol. The van der Waals surface area contributed by atoms with Crippen LogP contribution < -0.4 is 4.72 Å². The standard InChI is InChI=1S/C6H13NO2S2/c1-6(2,3)9-5(8)7-11-4-10/h10H,4H2,1-3H3,(H,7,8). The fourth-order valence-corrected chi connectivity index (χ4v) is 0.808. The topological polar surface area (TPSA) is 38.3 Å². The summed E-state index contributed by atoms with van der Waals surface area (Å²) in [6.07, 6.45) is -0.420. The Balaban J connectivity index is 3.53. The number of amides is 1. The van der Waals surface area contributed by atoms with Gasteiger partial charge in [-0.3, -0.25) is 4.72 Å². The summed E-state index contributed by atoms with van der Waals surface area (Å²) >= 11 is 5.10. The van der Waals surface area contributed by atoms with E-state index in [9.17, 15) is 4.79 Å². The Morgan fingerprint density at radius 3 is 2.55 bits per heavy atom. The van der Waals surface area contributed by atoms with E-state index < -0.39 is 11.7 Å². The molecule has 0 atom stereocenters. The molecule has 0 rings (SSSR count). The van der Waals surface area contributed by atoms with Gasteiger partial charge < -0.3 is 4.74 Å². The van der Waals surface area contributed by atoms with Crippen LogP contribution in [0.3, 0.4) is 0 Å². The Morgan fingerprint density at radius 2 is 2.18 bits per heavy atom. The molecule has 0 saturated carbocycles. The van der Waals surface area contributed by atoms with Gasteiger partial charge in [0.1, 0.15) is 5.60 Å². The molecule has 0 aliphatic heterocycles. The second kappa shape index (κ2) is 4.77. The van der Waals surface area contributed by atoms with Gasteiger partial charge >= 0.3 is 6.09 Å². The van der Waals surface area contributed by atoms with Crippen LogP contribution >= 0.6 is 24.6 Å². The van der Waals surface area contributed by atoms with Gasteiger partial charge in [-0.05, 0) is 32.7 Å². The monoisotopic (exact) mass is 195 g/mol. The molecule has 0 aliphatic carbocycles. The smallest absolute Gasteiger partial charge is 0.417 e. The summed E-state index contributed by atoms with van der Waals surface area (Å²) in [6.45, 7) is 5.45. The van der Waals surface area contributed by atoms with Crippen molar-refractivity contribution in [1.82, 2.24) is 4.72 Å². The van der Waals surface area contributed by atoms with Crippen molar-refractivity contribution >= 4 is 30.7 Å². The van der Waals surface area contributed by atoms with Gasteiger partial charge in [-0.2, -0.15) is 12.6 Å². The fraction of sp³-hybridized carbons (Fsp3) is 0.833. The summed E-state index contributed by atoms with van der Waals surface area (Å²) < 4.78 is 7.40. The fourth-order valence-electron chi connectivity index (χ4n) is 0.390. The van der Waals surface area contributed by atoms with Crippen LogP contribution in [-0.2, 0) is 4.74 Å². The molecule has 0 radical (unpaired) electrons. The Bertz CT molecular complexity index is 133. The van der Waals surface area contributed by atoms with E-state index in [4.69, 9.17) is 4.74 Å². The number of rotatable bonds is 2. The summed E-state index contributed by atoms with van der Waals surface area (Å²) in [5, 5.41) is 0.541. The first-order valence-electron chi connectivity index (χ1n) is 3.17. The first kappa shape index (κ1) is 11.0. The Kier molecular flexibility index (Phi) is 4.76. The van der Waals surface area contributed by atoms with Crippen LogP contribution in [0.2, 0.25) is 0 Å². The van der Waals surface area contributed by atoms with Gasteiger partial charge in [0, 0.05) is 0 Å². The van der Waals surface area contributed by atoms with Crippen molar-refractivity contribution in [2.45, 2.75) is 26.4 Å². The van der Waals surface area contributed by atoms with E-state index in [1.165, 1.54) is 11.9 Å². The molecule has 0 aromatic heterocycles. The maximum Gasteiger partial charge on any atom is 0.417 e. The van der Waals surface area contributed by atoms with Crippen molar-refractivity contribution in [3.8, 4) is 0 Å². The van der Waals surface area contributed by atoms with E-state index in [1.54, 1.807) is 0 Å². The molecule has 0 spiro atoms. The van der Waals surface area contributed by atoms with Crippen LogP contribution in [0.5, 0.6) is 0 Å². The molecule has 0 unspecified atom stereocenters. The average Bonchev–Trinajstić information content (AvgIpc) is 1.79. The van der Waals surface area contributed by atoms with Crippen molar-refractivity contribution < 1.29 is 9.53 Å². The van der Waals surface area contributed by atoms with Gasteiger partial charge in [0.05, 0.1) is 5.08 Å². The van der Waals surface area contributed by atoms with Gasteiger partial charge in [-0.1, -0.05) is 0 Å². The van der Waals surface area contributed by atoms with Gasteiger partial charge in [0.25, 0.3) is 0 Å². The zero-order valence-electron chi connectivity index (χ0n) is 6.88. The Hall–Kier alpha value is -0.0300. The van der Waals surface area contributed by atoms with E-state index in [0.29, 0.717) is 5.08 Å². The number of carbonyl (C=O) groups excluding carboxylic acids is 1. The van der Waals surface area contributed by atoms with Crippen LogP contribution in [0.1, 0.15) is 20.8 Å². The van der Waals surface area contributed by atoms with Crippen LogP contribution in [0.25, 0.3) is 0 Å². The first-order chi connectivity index (χ1) is 4.95. The zero-order valence-corrected chi connectivity index (χ0v) is 8.59. The predicted molar refractivity (Wildman–Crippen MR) is 50.8 cm³/mol. The van der Waals surface area contributed by atoms with Gasteiger partial charge in [0.2, 0.25) is 0 Å². The van der Waals surface area contributed by atoms with Crippen molar-refractivity contribution in [2.75, 3.05) is 5.08 Å². The Morgan fingerprint density at radius 1 is 1.64 bits per heavy atom. The third-order valence-corrected chi connectivity index (χ3v) is 1.45. The summed E-state index contributed by atoms with van der Waals surface area (Å²) in [4.78, 5) is 10.8. The highest BCUT2D eigenvalue weighted by Crippen LogP contribution is 2.07. The molecule has 3 nitrogen and oxygen atoms in total. The minimum absolute atomic E-state index is 0.420. The number of ether oxygens (including phenoxy) is 1. The van der Waals surface area contributed by atoms with Crippen molar-refractivity contribution in [3.05, 3.63) is 0 Å². The molecule has 0 bridgehead atoms. The SMILES string of the molecule is CC(C)(C)OC(=O)NSCS. The van der Waals surface area contributed by atoms with Crippen LogP contribution in [0.4, 0.5) is 4.79 Å². The molecule has 1 amide bonds. The second-order valence-corrected chi connectivity index (χ2v) is 4.40. The Labute approximate surface area is 76.8 Å². The summed E-state index contributed by atoms with van der Waals surface area (Å²) in [7, 11) is 0. The third-order valence-electron chi connectivity index (χ3n) is 0.619. The molecule has 66 valence electrons. The average molecular weight is 195 g/mol. The molecule has 0 aromatic carbocycles. The largest absolute Gasteiger partial charge is 0.443 e. The maximum absolute atomic E-state index is 10.8. The highest BCUT2D eigenvalue weighted by molar-refractivity contribution is 8.08. The molecule has 0 heterocycles. The summed E-state index contributed by atoms with van der Waals surface area (Å²) in [5.74, 6) is 0. The zero-order chi connectivity index (χ0) is 8.91. The first-order valence-corrected chi connectivity index (χ1v) is 4.79. The maximum atomic E-state index is 10.8. The lowest BCUT2D eigenvalue weighted by Gasteiger charge is -2.18. The normalized spacial score (nSPS) is 10.9. The minimum Gasteiger partial charge on any atom is -0.443 e. The van der Waals surface area contributed by atoms with E-state index in [-0.39, 0.29) is 0 Å². The van der Waals surface area contributed by atoms with Crippen molar-refractivity contribution in [1.29, 1.82) is 0 Å². The van der Waals surface area contributed by atoms with E-state index in [2.05, 4.69) is 17.4 Å². The molecule has 0 aromatic rings. The van der Waals surface area contributed by atoms with E-state index >= 15 is 0 Å². The minimum atomic E-state index is -0.429. The number of hydrogen-bond donors (Lipinski definition) is 2. The lowest BCUT2D eigenvalue weighted by Crippen LogP contribution is -2.29. The van der Waals surface area contributed by atoms with Gasteiger partial charge in [0.15, 0.2) is 0 Å². The highest BCUT2D eigenvalue weighted by Gasteiger charge is 2.15. The number of nitrogens with one attached hydrogen (secondary N) is 1. The third kappa shape index (κ3) is 7.87. The van der Waals surface area contributed by atoms with Crippen LogP contribution in [0, 0.1) is 0 Å². The highest BCUT2D eigenvalue weighted by atomic mass is 32.2. The van der Waals surface area contributed by atoms with Crippen LogP contribution in [-0.4, -0.2) is 16.8 Å². The lowest BCUT2D eigenvalue weighted by molar-refractivity contribution is 0.0575. The van der Waals surface area contributed by atoms with Crippen LogP contribution in [0.15, 0.2) is 0 Å². The molecule has 1 N–H and O–H groups in total. The summed E-state index contributed by atoms with van der Waals surface area (Å²) in [5.41, 5.74) is -0.429. The molecule has 0 fully saturated rings. The van der Waals surface area contributed by atoms with E-state index in [0.717, 1.165) is 0 Å². The number of hydrogen-bond acceptors (Lipinski definition) is 4. The van der Waals surface area contributed by atoms with Crippen molar-refractivity contribution in [2.24, 2.45) is 0 Å². The van der Waals surface area contributed by atoms with Gasteiger partial charge in [-0.15, -0.1) is 0 Å². The lowest BCUT2D eigenvalue weighted by atomic mass is 10.2. The quantitative estimate of drug-likeness (QED) is 0.402. The number of carbonyl (C=O) groups is 1. The molecular formula is C6H13NO2S2. The number of thiol groups is 1. The molecule has 5 heteroatoms. The van der Waals surface area contributed by atoms with Gasteiger partial charge in [-0.25, -0.2) is 4.79 Å². The second-order valence-electron chi connectivity index (χ2n) is 2.88. The summed E-state index contributed by atoms with van der Waals surface area (Å²) in [6, 6.07) is 0. The molecule has 11 heavy (non-hydrogen) atoms. The van der Waals surface area contributed by atoms with Crippen molar-refractivity contribution in [3.63, 3.8) is 0 Å². The predicted octanol–water partition coefficient (Wildman–Crippen LogP) is 2.05.